The molecule has 2 N–H and O–H groups in total. The Kier molecular flexibility index (Phi) is 11.7. The first-order chi connectivity index (χ1) is 12.8. The maximum atomic E-state index is 12.4. The average molecular weight is 384 g/mol. The first-order valence-corrected chi connectivity index (χ1v) is 11.0. The van der Waals surface area contributed by atoms with Crippen molar-refractivity contribution in [1.82, 2.24) is 4.90 Å². The Balaban J connectivity index is 2.40. The molecule has 5 nitrogen and oxygen atoms in total. The van der Waals surface area contributed by atoms with Crippen molar-refractivity contribution in [3.8, 4) is 0 Å². The molecule has 1 fully saturated rings. The number of carboxylic acids is 1. The van der Waals surface area contributed by atoms with Crippen LogP contribution in [0.5, 0.6) is 0 Å². The third kappa shape index (κ3) is 10.1. The predicted molar refractivity (Wildman–Crippen MR) is 109 cm³/mol. The van der Waals surface area contributed by atoms with Crippen LogP contribution in [-0.4, -0.2) is 45.7 Å². The van der Waals surface area contributed by atoms with Crippen molar-refractivity contribution in [3.05, 3.63) is 0 Å². The number of aliphatic carboxylic acids is 1. The Labute approximate surface area is 165 Å². The van der Waals surface area contributed by atoms with Crippen LogP contribution in [0.3, 0.4) is 0 Å². The number of rotatable bonds is 14. The molecule has 1 unspecified atom stereocenters. The highest BCUT2D eigenvalue weighted by atomic mass is 16.4. The number of carbonyl (C=O) groups is 2. The van der Waals surface area contributed by atoms with Crippen LogP contribution in [0.1, 0.15) is 97.8 Å². The molecular weight excluding hydrogens is 342 g/mol. The lowest BCUT2D eigenvalue weighted by Gasteiger charge is -2.40. The van der Waals surface area contributed by atoms with Crippen molar-refractivity contribution in [1.29, 1.82) is 0 Å². The molecule has 5 heteroatoms. The van der Waals surface area contributed by atoms with Crippen molar-refractivity contribution in [2.75, 3.05) is 6.54 Å². The van der Waals surface area contributed by atoms with E-state index in [0.717, 1.165) is 64.3 Å². The number of aliphatic hydroxyl groups excluding tert-OH is 1. The molecule has 1 heterocycles. The third-order valence-corrected chi connectivity index (χ3v) is 5.77. The van der Waals surface area contributed by atoms with Crippen molar-refractivity contribution >= 4 is 11.9 Å². The number of hydrogen-bond acceptors (Lipinski definition) is 3. The van der Waals surface area contributed by atoms with Crippen LogP contribution in [-0.2, 0) is 9.59 Å². The van der Waals surface area contributed by atoms with E-state index in [1.54, 1.807) is 0 Å². The van der Waals surface area contributed by atoms with Gasteiger partial charge in [0.05, 0.1) is 6.10 Å². The third-order valence-electron chi connectivity index (χ3n) is 5.77. The predicted octanol–water partition coefficient (Wildman–Crippen LogP) is 4.62. The Morgan fingerprint density at radius 3 is 2.48 bits per heavy atom. The largest absolute Gasteiger partial charge is 0.481 e. The smallest absolute Gasteiger partial charge is 0.303 e. The molecule has 0 saturated carbocycles. The highest BCUT2D eigenvalue weighted by molar-refractivity contribution is 5.77. The molecule has 1 saturated heterocycles. The Bertz CT molecular complexity index is 438. The van der Waals surface area contributed by atoms with Crippen LogP contribution in [0.2, 0.25) is 0 Å². The summed E-state index contributed by atoms with van der Waals surface area (Å²) in [5.41, 5.74) is 0. The number of hydrogen-bond donors (Lipinski definition) is 2. The van der Waals surface area contributed by atoms with Crippen LogP contribution in [0.15, 0.2) is 0 Å². The lowest BCUT2D eigenvalue weighted by atomic mass is 9.86. The first kappa shape index (κ1) is 23.9. The van der Waals surface area contributed by atoms with Gasteiger partial charge in [-0.05, 0) is 50.4 Å². The molecule has 0 aliphatic carbocycles. The van der Waals surface area contributed by atoms with E-state index in [9.17, 15) is 14.7 Å². The second-order valence-electron chi connectivity index (χ2n) is 8.80. The Morgan fingerprint density at radius 1 is 1.11 bits per heavy atom. The van der Waals surface area contributed by atoms with Crippen molar-refractivity contribution in [2.45, 2.75) is 110 Å². The van der Waals surface area contributed by atoms with Gasteiger partial charge in [-0.3, -0.25) is 9.59 Å². The molecule has 1 rings (SSSR count). The van der Waals surface area contributed by atoms with Gasteiger partial charge in [-0.25, -0.2) is 0 Å². The topological polar surface area (TPSA) is 77.8 Å². The van der Waals surface area contributed by atoms with E-state index in [4.69, 9.17) is 5.11 Å². The minimum atomic E-state index is -0.734. The Hall–Kier alpha value is -1.10. The van der Waals surface area contributed by atoms with E-state index >= 15 is 0 Å². The van der Waals surface area contributed by atoms with Crippen molar-refractivity contribution in [3.63, 3.8) is 0 Å². The van der Waals surface area contributed by atoms with E-state index in [1.165, 1.54) is 0 Å². The molecule has 0 aromatic carbocycles. The highest BCUT2D eigenvalue weighted by Gasteiger charge is 2.32. The summed E-state index contributed by atoms with van der Waals surface area (Å²) in [4.78, 5) is 25.0. The summed E-state index contributed by atoms with van der Waals surface area (Å²) in [7, 11) is 0. The van der Waals surface area contributed by atoms with Crippen LogP contribution in [0.25, 0.3) is 0 Å². The minimum absolute atomic E-state index is 0.233. The van der Waals surface area contributed by atoms with Gasteiger partial charge < -0.3 is 15.1 Å². The SMILES string of the molecule is CC(C)CCCC(O)C[C@H](C)[C@H]1CCCC(=O)N1CCCCCCC(=O)O. The fourth-order valence-corrected chi connectivity index (χ4v) is 4.21. The molecule has 0 bridgehead atoms. The first-order valence-electron chi connectivity index (χ1n) is 11.0. The molecule has 1 aliphatic heterocycles. The van der Waals surface area contributed by atoms with Crippen molar-refractivity contribution in [2.24, 2.45) is 11.8 Å². The van der Waals surface area contributed by atoms with Gasteiger partial charge in [0.1, 0.15) is 0 Å². The van der Waals surface area contributed by atoms with E-state index in [-0.39, 0.29) is 24.5 Å². The van der Waals surface area contributed by atoms with Crippen LogP contribution >= 0.6 is 0 Å². The number of carboxylic acid groups (broad SMARTS) is 1. The van der Waals surface area contributed by atoms with Gasteiger partial charge in [-0.15, -0.1) is 0 Å². The molecule has 0 radical (unpaired) electrons. The summed E-state index contributed by atoms with van der Waals surface area (Å²) in [6.45, 7) is 7.36. The van der Waals surface area contributed by atoms with Gasteiger partial charge in [0.25, 0.3) is 0 Å². The van der Waals surface area contributed by atoms with E-state index in [2.05, 4.69) is 20.8 Å². The maximum absolute atomic E-state index is 12.4. The summed E-state index contributed by atoms with van der Waals surface area (Å²) in [5.74, 6) is 0.506. The highest BCUT2D eigenvalue weighted by Crippen LogP contribution is 2.28. The summed E-state index contributed by atoms with van der Waals surface area (Å²) in [6.07, 6.45) is 9.95. The monoisotopic (exact) mass is 383 g/mol. The zero-order valence-electron chi connectivity index (χ0n) is 17.7. The number of unbranched alkanes of at least 4 members (excludes halogenated alkanes) is 3. The van der Waals surface area contributed by atoms with Gasteiger partial charge in [0.15, 0.2) is 0 Å². The molecule has 1 aliphatic rings. The molecule has 27 heavy (non-hydrogen) atoms. The number of likely N-dealkylation sites (tertiary alicyclic amines) is 1. The van der Waals surface area contributed by atoms with Gasteiger partial charge in [0, 0.05) is 25.4 Å². The molecular formula is C22H41NO4. The molecule has 0 spiro atoms. The van der Waals surface area contributed by atoms with Gasteiger partial charge in [-0.2, -0.15) is 0 Å². The fraction of sp³-hybridized carbons (Fsp3) is 0.909. The quantitative estimate of drug-likeness (QED) is 0.429. The van der Waals surface area contributed by atoms with Crippen LogP contribution in [0, 0.1) is 11.8 Å². The summed E-state index contributed by atoms with van der Waals surface area (Å²) >= 11 is 0. The van der Waals surface area contributed by atoms with Gasteiger partial charge in [-0.1, -0.05) is 46.5 Å². The summed E-state index contributed by atoms with van der Waals surface area (Å²) < 4.78 is 0. The molecule has 1 amide bonds. The summed E-state index contributed by atoms with van der Waals surface area (Å²) in [6, 6.07) is 0.241. The van der Waals surface area contributed by atoms with Gasteiger partial charge in [0.2, 0.25) is 5.91 Å². The van der Waals surface area contributed by atoms with Crippen molar-refractivity contribution < 1.29 is 19.8 Å². The van der Waals surface area contributed by atoms with Crippen LogP contribution in [0.4, 0.5) is 0 Å². The molecule has 158 valence electrons. The molecule has 3 atom stereocenters. The lowest BCUT2D eigenvalue weighted by molar-refractivity contribution is -0.138. The second-order valence-corrected chi connectivity index (χ2v) is 8.80. The number of amides is 1. The Morgan fingerprint density at radius 2 is 1.81 bits per heavy atom. The summed E-state index contributed by atoms with van der Waals surface area (Å²) in [5, 5.41) is 19.1. The van der Waals surface area contributed by atoms with E-state index < -0.39 is 5.97 Å². The number of carbonyl (C=O) groups excluding carboxylic acids is 1. The minimum Gasteiger partial charge on any atom is -0.481 e. The molecule has 0 aromatic rings. The van der Waals surface area contributed by atoms with E-state index in [0.29, 0.717) is 24.7 Å². The number of nitrogens with zero attached hydrogens (tertiary/aromatic N) is 1. The standard InChI is InChI=1S/C22H41NO4/c1-17(2)10-8-11-19(24)16-18(3)20-12-9-13-21(25)23(20)15-7-5-4-6-14-22(26)27/h17-20,24H,4-16H2,1-3H3,(H,26,27)/t18-,19?,20+/m0/s1. The lowest BCUT2D eigenvalue weighted by Crippen LogP contribution is -2.47. The number of aliphatic hydroxyl groups is 1. The van der Waals surface area contributed by atoms with Crippen LogP contribution < -0.4 is 0 Å². The zero-order valence-corrected chi connectivity index (χ0v) is 17.7. The maximum Gasteiger partial charge on any atom is 0.303 e. The average Bonchev–Trinajstić information content (AvgIpc) is 2.58. The van der Waals surface area contributed by atoms with E-state index in [1.807, 2.05) is 4.90 Å². The fourth-order valence-electron chi connectivity index (χ4n) is 4.21. The second kappa shape index (κ2) is 13.1. The molecule has 0 aromatic heterocycles. The zero-order chi connectivity index (χ0) is 20.2. The number of piperidine rings is 1. The van der Waals surface area contributed by atoms with Gasteiger partial charge >= 0.3 is 5.97 Å². The normalized spacial score (nSPS) is 20.1.